The van der Waals surface area contributed by atoms with E-state index in [0.29, 0.717) is 38.4 Å². The van der Waals surface area contributed by atoms with Gasteiger partial charge in [0.2, 0.25) is 5.91 Å². The van der Waals surface area contributed by atoms with Crippen molar-refractivity contribution < 1.29 is 14.3 Å². The zero-order chi connectivity index (χ0) is 17.6. The molecule has 2 saturated heterocycles. The predicted octanol–water partition coefficient (Wildman–Crippen LogP) is 1.42. The van der Waals surface area contributed by atoms with Crippen LogP contribution in [0.5, 0.6) is 0 Å². The Labute approximate surface area is 148 Å². The highest BCUT2D eigenvalue weighted by Crippen LogP contribution is 2.18. The van der Waals surface area contributed by atoms with Crippen LogP contribution in [-0.4, -0.2) is 70.5 Å². The van der Waals surface area contributed by atoms with Crippen LogP contribution in [-0.2, 0) is 9.53 Å². The molecule has 0 unspecified atom stereocenters. The monoisotopic (exact) mass is 346 g/mol. The summed E-state index contributed by atoms with van der Waals surface area (Å²) in [6.45, 7) is 5.39. The Hall–Kier alpha value is -2.02. The molecule has 2 amide bonds. The van der Waals surface area contributed by atoms with Gasteiger partial charge in [0.25, 0.3) is 5.91 Å². The Morgan fingerprint density at radius 2 is 2.12 bits per heavy atom. The lowest BCUT2D eigenvalue weighted by atomic mass is 10.1. The molecule has 0 aliphatic carbocycles. The fraction of sp³-hybridized carbons (Fsp3) is 0.667. The molecule has 0 spiro atoms. The second-order valence-electron chi connectivity index (χ2n) is 6.72. The first kappa shape index (κ1) is 17.8. The maximum absolute atomic E-state index is 12.9. The maximum Gasteiger partial charge on any atom is 0.274 e. The van der Waals surface area contributed by atoms with E-state index >= 15 is 0 Å². The van der Waals surface area contributed by atoms with Gasteiger partial charge in [0.05, 0.1) is 11.9 Å². The SMILES string of the molecule is Cc1cnc(C(=O)N(CCCN2CCCC2=O)C2CCOCC2)cn1. The van der Waals surface area contributed by atoms with E-state index in [1.165, 1.54) is 0 Å². The normalized spacial score (nSPS) is 18.6. The van der Waals surface area contributed by atoms with E-state index in [9.17, 15) is 9.59 Å². The molecule has 1 aromatic rings. The van der Waals surface area contributed by atoms with Crippen LogP contribution in [0.4, 0.5) is 0 Å². The molecule has 0 radical (unpaired) electrons. The van der Waals surface area contributed by atoms with Gasteiger partial charge in [-0.25, -0.2) is 4.98 Å². The van der Waals surface area contributed by atoms with Crippen LogP contribution >= 0.6 is 0 Å². The van der Waals surface area contributed by atoms with Crippen molar-refractivity contribution in [1.29, 1.82) is 0 Å². The van der Waals surface area contributed by atoms with Crippen molar-refractivity contribution in [3.05, 3.63) is 23.8 Å². The van der Waals surface area contributed by atoms with Crippen LogP contribution in [0.15, 0.2) is 12.4 Å². The standard InChI is InChI=1S/C18H26N4O3/c1-14-12-20-16(13-19-14)18(24)22(15-5-10-25-11-6-15)9-3-8-21-7-2-4-17(21)23/h12-13,15H,2-11H2,1H3. The number of ether oxygens (including phenoxy) is 1. The molecule has 0 atom stereocenters. The van der Waals surface area contributed by atoms with Crippen LogP contribution in [0.2, 0.25) is 0 Å². The number of carbonyl (C=O) groups excluding carboxylic acids is 2. The van der Waals surface area contributed by atoms with Crippen molar-refractivity contribution in [2.45, 2.75) is 45.1 Å². The van der Waals surface area contributed by atoms with E-state index in [-0.39, 0.29) is 17.9 Å². The molecule has 0 saturated carbocycles. The fourth-order valence-electron chi connectivity index (χ4n) is 3.47. The largest absolute Gasteiger partial charge is 0.381 e. The molecule has 7 nitrogen and oxygen atoms in total. The van der Waals surface area contributed by atoms with Gasteiger partial charge in [-0.15, -0.1) is 0 Å². The zero-order valence-corrected chi connectivity index (χ0v) is 14.8. The van der Waals surface area contributed by atoms with Crippen molar-refractivity contribution in [1.82, 2.24) is 19.8 Å². The number of hydrogen-bond acceptors (Lipinski definition) is 5. The van der Waals surface area contributed by atoms with Crippen LogP contribution in [0.3, 0.4) is 0 Å². The third kappa shape index (κ3) is 4.54. The molecule has 0 N–H and O–H groups in total. The topological polar surface area (TPSA) is 75.6 Å². The zero-order valence-electron chi connectivity index (χ0n) is 14.8. The molecule has 25 heavy (non-hydrogen) atoms. The van der Waals surface area contributed by atoms with Crippen molar-refractivity contribution in [2.24, 2.45) is 0 Å². The van der Waals surface area contributed by atoms with Gasteiger partial charge < -0.3 is 14.5 Å². The Bertz CT molecular complexity index is 599. The number of likely N-dealkylation sites (tertiary alicyclic amines) is 1. The van der Waals surface area contributed by atoms with Gasteiger partial charge in [0.15, 0.2) is 0 Å². The van der Waals surface area contributed by atoms with E-state index in [4.69, 9.17) is 4.74 Å². The number of amides is 2. The van der Waals surface area contributed by atoms with Gasteiger partial charge in [-0.2, -0.15) is 0 Å². The second-order valence-corrected chi connectivity index (χ2v) is 6.72. The molecule has 2 aliphatic rings. The molecule has 2 aliphatic heterocycles. The number of aromatic nitrogens is 2. The van der Waals surface area contributed by atoms with Crippen molar-refractivity contribution >= 4 is 11.8 Å². The van der Waals surface area contributed by atoms with Gasteiger partial charge in [-0.05, 0) is 32.6 Å². The Morgan fingerprint density at radius 1 is 1.32 bits per heavy atom. The van der Waals surface area contributed by atoms with Crippen LogP contribution in [0.1, 0.15) is 48.3 Å². The molecule has 0 bridgehead atoms. The first-order valence-electron chi connectivity index (χ1n) is 9.10. The van der Waals surface area contributed by atoms with E-state index in [1.54, 1.807) is 12.4 Å². The number of aryl methyl sites for hydroxylation is 1. The quantitative estimate of drug-likeness (QED) is 0.779. The minimum Gasteiger partial charge on any atom is -0.381 e. The summed E-state index contributed by atoms with van der Waals surface area (Å²) in [5, 5.41) is 0. The molecule has 2 fully saturated rings. The molecule has 3 rings (SSSR count). The molecule has 1 aromatic heterocycles. The lowest BCUT2D eigenvalue weighted by Gasteiger charge is -2.34. The van der Waals surface area contributed by atoms with Gasteiger partial charge >= 0.3 is 0 Å². The summed E-state index contributed by atoms with van der Waals surface area (Å²) in [6, 6.07) is 0.165. The lowest BCUT2D eigenvalue weighted by molar-refractivity contribution is -0.127. The van der Waals surface area contributed by atoms with Crippen LogP contribution in [0, 0.1) is 6.92 Å². The molecule has 136 valence electrons. The summed E-state index contributed by atoms with van der Waals surface area (Å²) < 4.78 is 5.43. The van der Waals surface area contributed by atoms with Gasteiger partial charge in [-0.1, -0.05) is 0 Å². The molecule has 7 heteroatoms. The smallest absolute Gasteiger partial charge is 0.274 e. The minimum atomic E-state index is -0.0767. The number of rotatable bonds is 6. The highest BCUT2D eigenvalue weighted by atomic mass is 16.5. The Morgan fingerprint density at radius 3 is 2.76 bits per heavy atom. The third-order valence-electron chi connectivity index (χ3n) is 4.89. The number of nitrogens with zero attached hydrogens (tertiary/aromatic N) is 4. The van der Waals surface area contributed by atoms with Gasteiger partial charge in [0.1, 0.15) is 5.69 Å². The summed E-state index contributed by atoms with van der Waals surface area (Å²) in [5.74, 6) is 0.153. The van der Waals surface area contributed by atoms with E-state index < -0.39 is 0 Å². The molecular formula is C18H26N4O3. The van der Waals surface area contributed by atoms with Crippen LogP contribution < -0.4 is 0 Å². The van der Waals surface area contributed by atoms with Crippen molar-refractivity contribution in [3.8, 4) is 0 Å². The summed E-state index contributed by atoms with van der Waals surface area (Å²) in [5.41, 5.74) is 1.18. The summed E-state index contributed by atoms with van der Waals surface area (Å²) in [6.07, 6.45) is 7.24. The highest BCUT2D eigenvalue weighted by Gasteiger charge is 2.28. The average Bonchev–Trinajstić information content (AvgIpc) is 3.04. The summed E-state index contributed by atoms with van der Waals surface area (Å²) in [4.78, 5) is 36.9. The van der Waals surface area contributed by atoms with Crippen LogP contribution in [0.25, 0.3) is 0 Å². The minimum absolute atomic E-state index is 0.0767. The molecule has 0 aromatic carbocycles. The third-order valence-corrected chi connectivity index (χ3v) is 4.89. The average molecular weight is 346 g/mol. The van der Waals surface area contributed by atoms with E-state index in [0.717, 1.165) is 37.9 Å². The Kier molecular flexibility index (Phi) is 5.96. The second kappa shape index (κ2) is 8.38. The van der Waals surface area contributed by atoms with E-state index in [1.807, 2.05) is 16.7 Å². The number of carbonyl (C=O) groups is 2. The van der Waals surface area contributed by atoms with Gasteiger partial charge in [0, 0.05) is 51.5 Å². The van der Waals surface area contributed by atoms with Crippen molar-refractivity contribution in [2.75, 3.05) is 32.8 Å². The fourth-order valence-corrected chi connectivity index (χ4v) is 3.47. The van der Waals surface area contributed by atoms with E-state index in [2.05, 4.69) is 9.97 Å². The highest BCUT2D eigenvalue weighted by molar-refractivity contribution is 5.92. The first-order chi connectivity index (χ1) is 12.1. The summed E-state index contributed by atoms with van der Waals surface area (Å²) >= 11 is 0. The maximum atomic E-state index is 12.9. The summed E-state index contributed by atoms with van der Waals surface area (Å²) in [7, 11) is 0. The molecular weight excluding hydrogens is 320 g/mol. The molecule has 3 heterocycles. The van der Waals surface area contributed by atoms with Crippen molar-refractivity contribution in [3.63, 3.8) is 0 Å². The Balaban J connectivity index is 1.64. The first-order valence-corrected chi connectivity index (χ1v) is 9.10. The lowest BCUT2D eigenvalue weighted by Crippen LogP contribution is -2.45. The number of hydrogen-bond donors (Lipinski definition) is 0. The predicted molar refractivity (Wildman–Crippen MR) is 92.1 cm³/mol. The van der Waals surface area contributed by atoms with Gasteiger partial charge in [-0.3, -0.25) is 14.6 Å².